The number of nitrogens with zero attached hydrogens (tertiary/aromatic N) is 1. The van der Waals surface area contributed by atoms with Gasteiger partial charge < -0.3 is 5.32 Å². The van der Waals surface area contributed by atoms with Gasteiger partial charge in [0.1, 0.15) is 0 Å². The highest BCUT2D eigenvalue weighted by Crippen LogP contribution is 2.19. The fourth-order valence-corrected chi connectivity index (χ4v) is 3.62. The van der Waals surface area contributed by atoms with Gasteiger partial charge in [-0.15, -0.1) is 0 Å². The Morgan fingerprint density at radius 3 is 2.30 bits per heavy atom. The average molecular weight is 446 g/mol. The van der Waals surface area contributed by atoms with Crippen molar-refractivity contribution in [3.63, 3.8) is 0 Å². The third kappa shape index (κ3) is 5.15. The van der Waals surface area contributed by atoms with Crippen LogP contribution in [0.5, 0.6) is 0 Å². The van der Waals surface area contributed by atoms with E-state index in [-0.39, 0.29) is 10.8 Å². The van der Waals surface area contributed by atoms with E-state index >= 15 is 0 Å². The Morgan fingerprint density at radius 2 is 1.67 bits per heavy atom. The maximum Gasteiger partial charge on any atom is 0.261 e. The van der Waals surface area contributed by atoms with Crippen LogP contribution in [0.25, 0.3) is 0 Å². The molecule has 1 aromatic heterocycles. The summed E-state index contributed by atoms with van der Waals surface area (Å²) in [6.07, 6.45) is 1.66. The Balaban J connectivity index is 1.64. The van der Waals surface area contributed by atoms with Crippen LogP contribution in [0.2, 0.25) is 0 Å². The van der Waals surface area contributed by atoms with E-state index in [1.54, 1.807) is 48.7 Å². The lowest BCUT2D eigenvalue weighted by molar-refractivity contribution is 0.0950. The standard InChI is InChI=1S/C19H16BrN3O3S/c20-15-6-10-18(11-7-15)27(25,26)23-16-8-4-14(5-9-16)19(24)22-13-17-3-1-2-12-21-17/h1-12,23H,13H2,(H,22,24). The van der Waals surface area contributed by atoms with E-state index in [4.69, 9.17) is 0 Å². The van der Waals surface area contributed by atoms with Gasteiger partial charge in [0.15, 0.2) is 0 Å². The van der Waals surface area contributed by atoms with E-state index in [1.807, 2.05) is 12.1 Å². The average Bonchev–Trinajstić information content (AvgIpc) is 2.67. The molecule has 0 fully saturated rings. The van der Waals surface area contributed by atoms with E-state index in [0.717, 1.165) is 10.2 Å². The van der Waals surface area contributed by atoms with Gasteiger partial charge in [-0.25, -0.2) is 8.42 Å². The van der Waals surface area contributed by atoms with Crippen molar-refractivity contribution in [2.24, 2.45) is 0 Å². The van der Waals surface area contributed by atoms with E-state index in [1.165, 1.54) is 12.1 Å². The zero-order chi connectivity index (χ0) is 19.3. The number of carbonyl (C=O) groups excluding carboxylic acids is 1. The molecule has 0 aliphatic carbocycles. The van der Waals surface area contributed by atoms with Crippen molar-refractivity contribution in [2.75, 3.05) is 4.72 Å². The fourth-order valence-electron chi connectivity index (χ4n) is 2.29. The van der Waals surface area contributed by atoms with Crippen molar-refractivity contribution >= 4 is 37.5 Å². The number of benzene rings is 2. The van der Waals surface area contributed by atoms with Gasteiger partial charge in [-0.1, -0.05) is 22.0 Å². The molecule has 1 amide bonds. The lowest BCUT2D eigenvalue weighted by Crippen LogP contribution is -2.23. The van der Waals surface area contributed by atoms with Crippen LogP contribution in [0.15, 0.2) is 82.3 Å². The summed E-state index contributed by atoms with van der Waals surface area (Å²) in [4.78, 5) is 16.5. The molecule has 0 unspecified atom stereocenters. The summed E-state index contributed by atoms with van der Waals surface area (Å²) in [5, 5.41) is 2.77. The summed E-state index contributed by atoms with van der Waals surface area (Å²) in [5.74, 6) is -0.261. The number of pyridine rings is 1. The molecule has 0 spiro atoms. The maximum atomic E-state index is 12.4. The van der Waals surface area contributed by atoms with E-state index in [0.29, 0.717) is 17.8 Å². The van der Waals surface area contributed by atoms with Gasteiger partial charge in [0.05, 0.1) is 17.1 Å². The Hall–Kier alpha value is -2.71. The molecule has 0 aliphatic heterocycles. The Labute approximate surface area is 165 Å². The fraction of sp³-hybridized carbons (Fsp3) is 0.0526. The van der Waals surface area contributed by atoms with Crippen LogP contribution in [0, 0.1) is 0 Å². The van der Waals surface area contributed by atoms with Crippen LogP contribution >= 0.6 is 15.9 Å². The SMILES string of the molecule is O=C(NCc1ccccn1)c1ccc(NS(=O)(=O)c2ccc(Br)cc2)cc1. The van der Waals surface area contributed by atoms with Crippen molar-refractivity contribution in [1.29, 1.82) is 0 Å². The molecule has 0 saturated heterocycles. The molecule has 8 heteroatoms. The summed E-state index contributed by atoms with van der Waals surface area (Å²) in [7, 11) is -3.69. The zero-order valence-electron chi connectivity index (χ0n) is 14.1. The number of amides is 1. The highest BCUT2D eigenvalue weighted by atomic mass is 79.9. The molecule has 0 radical (unpaired) electrons. The highest BCUT2D eigenvalue weighted by molar-refractivity contribution is 9.10. The van der Waals surface area contributed by atoms with Crippen molar-refractivity contribution < 1.29 is 13.2 Å². The Bertz CT molecular complexity index is 1020. The molecule has 2 N–H and O–H groups in total. The van der Waals surface area contributed by atoms with Gasteiger partial charge in [-0.2, -0.15) is 0 Å². The third-order valence-electron chi connectivity index (χ3n) is 3.68. The van der Waals surface area contributed by atoms with Crippen LogP contribution in [0.1, 0.15) is 16.1 Å². The smallest absolute Gasteiger partial charge is 0.261 e. The van der Waals surface area contributed by atoms with Crippen molar-refractivity contribution in [3.8, 4) is 0 Å². The first-order valence-corrected chi connectivity index (χ1v) is 10.3. The molecule has 3 rings (SSSR count). The van der Waals surface area contributed by atoms with Crippen LogP contribution in [-0.2, 0) is 16.6 Å². The van der Waals surface area contributed by atoms with Crippen molar-refractivity contribution in [3.05, 3.63) is 88.7 Å². The largest absolute Gasteiger partial charge is 0.346 e. The normalized spacial score (nSPS) is 11.0. The monoisotopic (exact) mass is 445 g/mol. The quantitative estimate of drug-likeness (QED) is 0.606. The topological polar surface area (TPSA) is 88.2 Å². The number of carbonyl (C=O) groups is 1. The summed E-state index contributed by atoms with van der Waals surface area (Å²) >= 11 is 3.27. The maximum absolute atomic E-state index is 12.4. The van der Waals surface area contributed by atoms with Gasteiger partial charge in [0, 0.05) is 21.9 Å². The Morgan fingerprint density at radius 1 is 0.963 bits per heavy atom. The molecule has 6 nitrogen and oxygen atoms in total. The van der Waals surface area contributed by atoms with Gasteiger partial charge in [0.2, 0.25) is 0 Å². The Kier molecular flexibility index (Phi) is 5.88. The number of aromatic nitrogens is 1. The third-order valence-corrected chi connectivity index (χ3v) is 5.61. The van der Waals surface area contributed by atoms with Gasteiger partial charge in [-0.3, -0.25) is 14.5 Å². The highest BCUT2D eigenvalue weighted by Gasteiger charge is 2.14. The number of hydrogen-bond acceptors (Lipinski definition) is 4. The molecule has 0 saturated carbocycles. The van der Waals surface area contributed by atoms with Crippen LogP contribution < -0.4 is 10.0 Å². The van der Waals surface area contributed by atoms with Gasteiger partial charge in [-0.05, 0) is 60.7 Å². The number of halogens is 1. The second-order valence-electron chi connectivity index (χ2n) is 5.64. The molecular formula is C19H16BrN3O3S. The number of sulfonamides is 1. The molecule has 2 aromatic carbocycles. The summed E-state index contributed by atoms with van der Waals surface area (Å²) < 4.78 is 28.0. The number of hydrogen-bond donors (Lipinski definition) is 2. The first-order chi connectivity index (χ1) is 12.9. The molecule has 0 aliphatic rings. The van der Waals surface area contributed by atoms with E-state index in [2.05, 4.69) is 31.0 Å². The van der Waals surface area contributed by atoms with Crippen LogP contribution in [-0.4, -0.2) is 19.3 Å². The van der Waals surface area contributed by atoms with Crippen LogP contribution in [0.3, 0.4) is 0 Å². The predicted octanol–water partition coefficient (Wildman–Crippen LogP) is 3.57. The zero-order valence-corrected chi connectivity index (χ0v) is 16.5. The van der Waals surface area contributed by atoms with Crippen molar-refractivity contribution in [1.82, 2.24) is 10.3 Å². The molecular weight excluding hydrogens is 430 g/mol. The molecule has 138 valence electrons. The van der Waals surface area contributed by atoms with Gasteiger partial charge >= 0.3 is 0 Å². The first-order valence-electron chi connectivity index (χ1n) is 8.01. The molecule has 3 aromatic rings. The summed E-state index contributed by atoms with van der Waals surface area (Å²) in [5.41, 5.74) is 1.56. The molecule has 1 heterocycles. The lowest BCUT2D eigenvalue weighted by Gasteiger charge is -2.09. The number of rotatable bonds is 6. The minimum absolute atomic E-state index is 0.155. The van der Waals surface area contributed by atoms with E-state index < -0.39 is 10.0 Å². The minimum Gasteiger partial charge on any atom is -0.346 e. The minimum atomic E-state index is -3.69. The summed E-state index contributed by atoms with van der Waals surface area (Å²) in [6, 6.07) is 18.0. The molecule has 27 heavy (non-hydrogen) atoms. The second-order valence-corrected chi connectivity index (χ2v) is 8.24. The number of anilines is 1. The predicted molar refractivity (Wildman–Crippen MR) is 107 cm³/mol. The van der Waals surface area contributed by atoms with E-state index in [9.17, 15) is 13.2 Å². The first kappa shape index (κ1) is 19.1. The second kappa shape index (κ2) is 8.32. The van der Waals surface area contributed by atoms with Gasteiger partial charge in [0.25, 0.3) is 15.9 Å². The lowest BCUT2D eigenvalue weighted by atomic mass is 10.2. The number of nitrogens with one attached hydrogen (secondary N) is 2. The molecule has 0 bridgehead atoms. The molecule has 0 atom stereocenters. The van der Waals surface area contributed by atoms with Crippen molar-refractivity contribution in [2.45, 2.75) is 11.4 Å². The summed E-state index contributed by atoms with van der Waals surface area (Å²) in [6.45, 7) is 0.317. The van der Waals surface area contributed by atoms with Crippen LogP contribution in [0.4, 0.5) is 5.69 Å².